The van der Waals surface area contributed by atoms with Gasteiger partial charge in [-0.2, -0.15) is 0 Å². The van der Waals surface area contributed by atoms with Crippen LogP contribution in [0.4, 0.5) is 0 Å². The maximum atomic E-state index is 5.49. The Morgan fingerprint density at radius 3 is 2.43 bits per heavy atom. The number of morpholine rings is 1. The molecule has 2 N–H and O–H groups in total. The van der Waals surface area contributed by atoms with Crippen molar-refractivity contribution in [3.05, 3.63) is 35.4 Å². The molecule has 168 valence electrons. The molecule has 30 heavy (non-hydrogen) atoms. The van der Waals surface area contributed by atoms with Gasteiger partial charge in [-0.05, 0) is 62.9 Å². The van der Waals surface area contributed by atoms with E-state index in [0.29, 0.717) is 6.54 Å². The van der Waals surface area contributed by atoms with Gasteiger partial charge in [0.25, 0.3) is 0 Å². The van der Waals surface area contributed by atoms with Crippen molar-refractivity contribution >= 4 is 5.96 Å². The number of rotatable bonds is 9. The second-order valence-corrected chi connectivity index (χ2v) is 8.52. The Labute approximate surface area is 183 Å². The lowest BCUT2D eigenvalue weighted by Gasteiger charge is -2.32. The first kappa shape index (κ1) is 23.0. The predicted molar refractivity (Wildman–Crippen MR) is 125 cm³/mol. The number of benzene rings is 1. The molecular weight excluding hydrogens is 374 g/mol. The van der Waals surface area contributed by atoms with Crippen LogP contribution in [0.2, 0.25) is 0 Å². The van der Waals surface area contributed by atoms with Gasteiger partial charge >= 0.3 is 0 Å². The van der Waals surface area contributed by atoms with Crippen LogP contribution in [0, 0.1) is 5.92 Å². The van der Waals surface area contributed by atoms with Crippen LogP contribution in [-0.4, -0.2) is 74.8 Å². The number of likely N-dealkylation sites (tertiary alicyclic amines) is 1. The first-order chi connectivity index (χ1) is 14.8. The van der Waals surface area contributed by atoms with Crippen LogP contribution in [0.3, 0.4) is 0 Å². The quantitative estimate of drug-likeness (QED) is 0.480. The molecule has 0 amide bonds. The van der Waals surface area contributed by atoms with E-state index < -0.39 is 0 Å². The van der Waals surface area contributed by atoms with E-state index in [0.717, 1.165) is 57.8 Å². The van der Waals surface area contributed by atoms with Crippen molar-refractivity contribution in [2.75, 3.05) is 59.0 Å². The summed E-state index contributed by atoms with van der Waals surface area (Å²) in [6, 6.07) is 8.71. The minimum atomic E-state index is 0.713. The van der Waals surface area contributed by atoms with Gasteiger partial charge in [-0.25, -0.2) is 4.99 Å². The van der Waals surface area contributed by atoms with Crippen LogP contribution in [0.15, 0.2) is 29.3 Å². The minimum Gasteiger partial charge on any atom is -0.379 e. The Kier molecular flexibility index (Phi) is 9.93. The van der Waals surface area contributed by atoms with Gasteiger partial charge in [0.05, 0.1) is 19.8 Å². The molecule has 0 bridgehead atoms. The average molecular weight is 416 g/mol. The molecule has 0 atom stereocenters. The van der Waals surface area contributed by atoms with Gasteiger partial charge in [-0.3, -0.25) is 4.90 Å². The largest absolute Gasteiger partial charge is 0.379 e. The average Bonchev–Trinajstić information content (AvgIpc) is 2.78. The number of nitrogens with zero attached hydrogens (tertiary/aromatic N) is 3. The molecule has 6 heteroatoms. The molecule has 2 heterocycles. The van der Waals surface area contributed by atoms with Crippen LogP contribution < -0.4 is 10.6 Å². The van der Waals surface area contributed by atoms with Crippen LogP contribution in [0.5, 0.6) is 0 Å². The van der Waals surface area contributed by atoms with E-state index in [1.807, 2.05) is 0 Å². The summed E-state index contributed by atoms with van der Waals surface area (Å²) in [4.78, 5) is 9.98. The van der Waals surface area contributed by atoms with E-state index in [1.165, 1.54) is 50.0 Å². The van der Waals surface area contributed by atoms with Crippen molar-refractivity contribution in [1.82, 2.24) is 20.4 Å². The zero-order valence-electron chi connectivity index (χ0n) is 19.0. The standard InChI is InChI=1S/C24H41N5O/c1-3-11-28-12-9-21(10-13-28)18-26-24(25-4-2)27-19-22-7-5-6-8-23(22)20-29-14-16-30-17-15-29/h5-8,21H,3-4,9-20H2,1-2H3,(H2,25,26,27). The second-order valence-electron chi connectivity index (χ2n) is 8.52. The molecule has 2 aliphatic heterocycles. The van der Waals surface area contributed by atoms with E-state index >= 15 is 0 Å². The van der Waals surface area contributed by atoms with E-state index in [1.54, 1.807) is 0 Å². The van der Waals surface area contributed by atoms with Gasteiger partial charge in [0.15, 0.2) is 5.96 Å². The van der Waals surface area contributed by atoms with Crippen molar-refractivity contribution in [3.8, 4) is 0 Å². The molecule has 2 aliphatic rings. The molecule has 2 fully saturated rings. The predicted octanol–water partition coefficient (Wildman–Crippen LogP) is 2.70. The fourth-order valence-electron chi connectivity index (χ4n) is 4.34. The first-order valence-electron chi connectivity index (χ1n) is 11.9. The van der Waals surface area contributed by atoms with E-state index in [4.69, 9.17) is 9.73 Å². The molecule has 0 spiro atoms. The van der Waals surface area contributed by atoms with Gasteiger partial charge in [-0.1, -0.05) is 31.2 Å². The van der Waals surface area contributed by atoms with Crippen molar-refractivity contribution in [3.63, 3.8) is 0 Å². The maximum absolute atomic E-state index is 5.49. The van der Waals surface area contributed by atoms with Crippen LogP contribution in [-0.2, 0) is 17.8 Å². The third kappa shape index (κ3) is 7.56. The highest BCUT2D eigenvalue weighted by atomic mass is 16.5. The highest BCUT2D eigenvalue weighted by Crippen LogP contribution is 2.17. The molecule has 0 unspecified atom stereocenters. The number of guanidine groups is 1. The summed E-state index contributed by atoms with van der Waals surface area (Å²) in [5, 5.41) is 7.03. The normalized spacial score (nSPS) is 19.7. The fraction of sp³-hybridized carbons (Fsp3) is 0.708. The van der Waals surface area contributed by atoms with E-state index in [9.17, 15) is 0 Å². The number of piperidine rings is 1. The Hall–Kier alpha value is -1.63. The molecule has 0 radical (unpaired) electrons. The second kappa shape index (κ2) is 12.9. The SMILES string of the molecule is CCCN1CCC(CNC(=NCc2ccccc2CN2CCOCC2)NCC)CC1. The van der Waals surface area contributed by atoms with Gasteiger partial charge in [0.2, 0.25) is 0 Å². The van der Waals surface area contributed by atoms with Crippen molar-refractivity contribution in [2.45, 2.75) is 46.2 Å². The molecule has 2 saturated heterocycles. The van der Waals surface area contributed by atoms with Gasteiger partial charge in [0, 0.05) is 32.7 Å². The summed E-state index contributed by atoms with van der Waals surface area (Å²) >= 11 is 0. The lowest BCUT2D eigenvalue weighted by Crippen LogP contribution is -2.43. The maximum Gasteiger partial charge on any atom is 0.191 e. The minimum absolute atomic E-state index is 0.713. The lowest BCUT2D eigenvalue weighted by atomic mass is 9.97. The third-order valence-electron chi connectivity index (χ3n) is 6.17. The summed E-state index contributed by atoms with van der Waals surface area (Å²) in [5.41, 5.74) is 2.69. The molecule has 1 aromatic rings. The zero-order valence-corrected chi connectivity index (χ0v) is 19.0. The summed E-state index contributed by atoms with van der Waals surface area (Å²) in [7, 11) is 0. The Bertz CT molecular complexity index is 636. The molecule has 6 nitrogen and oxygen atoms in total. The Balaban J connectivity index is 1.52. The van der Waals surface area contributed by atoms with Crippen LogP contribution in [0.1, 0.15) is 44.2 Å². The number of hydrogen-bond acceptors (Lipinski definition) is 4. The molecule has 0 saturated carbocycles. The Morgan fingerprint density at radius 2 is 1.73 bits per heavy atom. The summed E-state index contributed by atoms with van der Waals surface area (Å²) in [6.45, 7) is 15.4. The molecule has 1 aromatic carbocycles. The topological polar surface area (TPSA) is 52.1 Å². The van der Waals surface area contributed by atoms with Crippen LogP contribution in [0.25, 0.3) is 0 Å². The molecule has 3 rings (SSSR count). The Morgan fingerprint density at radius 1 is 1.00 bits per heavy atom. The number of hydrogen-bond donors (Lipinski definition) is 2. The van der Waals surface area contributed by atoms with E-state index in [-0.39, 0.29) is 0 Å². The van der Waals surface area contributed by atoms with Gasteiger partial charge < -0.3 is 20.3 Å². The van der Waals surface area contributed by atoms with Crippen molar-refractivity contribution in [1.29, 1.82) is 0 Å². The number of ether oxygens (including phenoxy) is 1. The third-order valence-corrected chi connectivity index (χ3v) is 6.17. The fourth-order valence-corrected chi connectivity index (χ4v) is 4.34. The van der Waals surface area contributed by atoms with Crippen molar-refractivity contribution < 1.29 is 4.74 Å². The molecule has 0 aromatic heterocycles. The summed E-state index contributed by atoms with van der Waals surface area (Å²) in [5.74, 6) is 1.69. The van der Waals surface area contributed by atoms with Crippen LogP contribution >= 0.6 is 0 Å². The highest BCUT2D eigenvalue weighted by Gasteiger charge is 2.18. The van der Waals surface area contributed by atoms with Crippen molar-refractivity contribution in [2.24, 2.45) is 10.9 Å². The zero-order chi connectivity index (χ0) is 21.0. The number of aliphatic imine (C=N–C) groups is 1. The summed E-state index contributed by atoms with van der Waals surface area (Å²) in [6.07, 6.45) is 3.83. The monoisotopic (exact) mass is 415 g/mol. The number of nitrogens with one attached hydrogen (secondary N) is 2. The molecule has 0 aliphatic carbocycles. The smallest absolute Gasteiger partial charge is 0.191 e. The highest BCUT2D eigenvalue weighted by molar-refractivity contribution is 5.79. The van der Waals surface area contributed by atoms with Gasteiger partial charge in [-0.15, -0.1) is 0 Å². The summed E-state index contributed by atoms with van der Waals surface area (Å²) < 4.78 is 5.49. The van der Waals surface area contributed by atoms with Gasteiger partial charge in [0.1, 0.15) is 0 Å². The first-order valence-corrected chi connectivity index (χ1v) is 11.9. The van der Waals surface area contributed by atoms with E-state index in [2.05, 4.69) is 58.5 Å². The lowest BCUT2D eigenvalue weighted by molar-refractivity contribution is 0.0341. The molecular formula is C24H41N5O.